The Morgan fingerprint density at radius 1 is 1.06 bits per heavy atom. The second kappa shape index (κ2) is 4.83. The summed E-state index contributed by atoms with van der Waals surface area (Å²) in [6, 6.07) is 14.6. The average Bonchev–Trinajstić information content (AvgIpc) is 2.41. The standard InChI is InChI=1S/C16H17NO/c1-17-10-8-15(9-11-17)18-16-7-6-13-4-2-3-5-14(13)12-16/h2-8,12H,9-11H2,1H3. The molecule has 1 heterocycles. The van der Waals surface area contributed by atoms with Crippen LogP contribution in [0.5, 0.6) is 5.75 Å². The third kappa shape index (κ3) is 2.39. The zero-order valence-electron chi connectivity index (χ0n) is 10.6. The van der Waals surface area contributed by atoms with Crippen LogP contribution in [0.2, 0.25) is 0 Å². The Morgan fingerprint density at radius 2 is 1.89 bits per heavy atom. The van der Waals surface area contributed by atoms with Gasteiger partial charge in [-0.2, -0.15) is 0 Å². The van der Waals surface area contributed by atoms with Crippen LogP contribution in [0.3, 0.4) is 0 Å². The van der Waals surface area contributed by atoms with E-state index in [4.69, 9.17) is 4.74 Å². The van der Waals surface area contributed by atoms with Crippen LogP contribution in [0.15, 0.2) is 54.3 Å². The normalized spacial score (nSPS) is 16.6. The quantitative estimate of drug-likeness (QED) is 0.796. The molecule has 0 saturated carbocycles. The lowest BCUT2D eigenvalue weighted by atomic mass is 10.1. The molecule has 3 rings (SSSR count). The summed E-state index contributed by atoms with van der Waals surface area (Å²) in [6.45, 7) is 2.04. The summed E-state index contributed by atoms with van der Waals surface area (Å²) in [5, 5.41) is 2.48. The number of ether oxygens (including phenoxy) is 1. The van der Waals surface area contributed by atoms with Crippen LogP contribution in [-0.2, 0) is 0 Å². The van der Waals surface area contributed by atoms with E-state index in [1.54, 1.807) is 0 Å². The molecule has 18 heavy (non-hydrogen) atoms. The Bertz CT molecular complexity index is 588. The van der Waals surface area contributed by atoms with Crippen molar-refractivity contribution in [2.45, 2.75) is 6.42 Å². The Hall–Kier alpha value is -1.80. The van der Waals surface area contributed by atoms with E-state index >= 15 is 0 Å². The highest BCUT2D eigenvalue weighted by Crippen LogP contribution is 2.23. The molecule has 0 radical (unpaired) electrons. The van der Waals surface area contributed by atoms with Crippen LogP contribution >= 0.6 is 0 Å². The summed E-state index contributed by atoms with van der Waals surface area (Å²) in [5.41, 5.74) is 0. The van der Waals surface area contributed by atoms with Crippen molar-refractivity contribution in [2.24, 2.45) is 0 Å². The number of fused-ring (bicyclic) bond motifs is 1. The van der Waals surface area contributed by atoms with Gasteiger partial charge in [0.05, 0.1) is 0 Å². The molecule has 2 heteroatoms. The van der Waals surface area contributed by atoms with E-state index in [0.29, 0.717) is 0 Å². The molecule has 0 fully saturated rings. The van der Waals surface area contributed by atoms with Crippen LogP contribution in [0.1, 0.15) is 6.42 Å². The molecule has 0 N–H and O–H groups in total. The highest BCUT2D eigenvalue weighted by molar-refractivity contribution is 5.83. The van der Waals surface area contributed by atoms with Crippen molar-refractivity contribution in [1.29, 1.82) is 0 Å². The smallest absolute Gasteiger partial charge is 0.127 e. The first kappa shape index (κ1) is 11.3. The average molecular weight is 239 g/mol. The second-order valence-electron chi connectivity index (χ2n) is 4.79. The molecule has 0 aliphatic carbocycles. The molecule has 0 atom stereocenters. The Balaban J connectivity index is 1.82. The van der Waals surface area contributed by atoms with E-state index < -0.39 is 0 Å². The minimum atomic E-state index is 0.935. The molecule has 2 nitrogen and oxygen atoms in total. The van der Waals surface area contributed by atoms with Crippen molar-refractivity contribution in [3.63, 3.8) is 0 Å². The Morgan fingerprint density at radius 3 is 2.67 bits per heavy atom. The maximum atomic E-state index is 5.95. The van der Waals surface area contributed by atoms with Crippen molar-refractivity contribution in [3.05, 3.63) is 54.3 Å². The molecular formula is C16H17NO. The molecular weight excluding hydrogens is 222 g/mol. The topological polar surface area (TPSA) is 12.5 Å². The number of hydrogen-bond acceptors (Lipinski definition) is 2. The third-order valence-electron chi connectivity index (χ3n) is 3.34. The van der Waals surface area contributed by atoms with Crippen molar-refractivity contribution in [2.75, 3.05) is 20.1 Å². The monoisotopic (exact) mass is 239 g/mol. The van der Waals surface area contributed by atoms with Gasteiger partial charge in [0.1, 0.15) is 11.5 Å². The molecule has 2 aromatic carbocycles. The van der Waals surface area contributed by atoms with Crippen LogP contribution in [0, 0.1) is 0 Å². The molecule has 0 spiro atoms. The minimum absolute atomic E-state index is 0.935. The summed E-state index contributed by atoms with van der Waals surface area (Å²) in [5.74, 6) is 2.02. The molecule has 0 amide bonds. The third-order valence-corrected chi connectivity index (χ3v) is 3.34. The van der Waals surface area contributed by atoms with Crippen molar-refractivity contribution in [1.82, 2.24) is 4.90 Å². The molecule has 92 valence electrons. The largest absolute Gasteiger partial charge is 0.462 e. The molecule has 0 aromatic heterocycles. The second-order valence-corrected chi connectivity index (χ2v) is 4.79. The molecule has 2 aromatic rings. The summed E-state index contributed by atoms with van der Waals surface area (Å²) in [4.78, 5) is 2.28. The van der Waals surface area contributed by atoms with E-state index in [2.05, 4.69) is 54.4 Å². The van der Waals surface area contributed by atoms with Crippen LogP contribution in [-0.4, -0.2) is 25.0 Å². The Labute approximate surface area is 107 Å². The predicted octanol–water partition coefficient (Wildman–Crippen LogP) is 3.44. The number of rotatable bonds is 2. The summed E-state index contributed by atoms with van der Waals surface area (Å²) in [6.07, 6.45) is 3.15. The lowest BCUT2D eigenvalue weighted by Crippen LogP contribution is -2.25. The van der Waals surface area contributed by atoms with Crippen LogP contribution in [0.4, 0.5) is 0 Å². The lowest BCUT2D eigenvalue weighted by molar-refractivity contribution is 0.303. The van der Waals surface area contributed by atoms with Crippen molar-refractivity contribution < 1.29 is 4.74 Å². The van der Waals surface area contributed by atoms with E-state index in [9.17, 15) is 0 Å². The summed E-state index contributed by atoms with van der Waals surface area (Å²) in [7, 11) is 2.13. The maximum absolute atomic E-state index is 5.95. The zero-order valence-corrected chi connectivity index (χ0v) is 10.6. The van der Waals surface area contributed by atoms with E-state index in [0.717, 1.165) is 31.0 Å². The van der Waals surface area contributed by atoms with Gasteiger partial charge in [-0.25, -0.2) is 0 Å². The van der Waals surface area contributed by atoms with Gasteiger partial charge in [-0.1, -0.05) is 30.3 Å². The van der Waals surface area contributed by atoms with Crippen molar-refractivity contribution >= 4 is 10.8 Å². The van der Waals surface area contributed by atoms with Crippen molar-refractivity contribution in [3.8, 4) is 5.75 Å². The first-order chi connectivity index (χ1) is 8.81. The van der Waals surface area contributed by atoms with Gasteiger partial charge >= 0.3 is 0 Å². The molecule has 0 bridgehead atoms. The SMILES string of the molecule is CN1CC=C(Oc2ccc3ccccc3c2)CC1. The highest BCUT2D eigenvalue weighted by Gasteiger charge is 2.09. The Kier molecular flexibility index (Phi) is 3.03. The predicted molar refractivity (Wildman–Crippen MR) is 74.8 cm³/mol. The van der Waals surface area contributed by atoms with E-state index in [1.165, 1.54) is 10.8 Å². The van der Waals surface area contributed by atoms with Crippen LogP contribution < -0.4 is 4.74 Å². The molecule has 0 saturated heterocycles. The highest BCUT2D eigenvalue weighted by atomic mass is 16.5. The number of hydrogen-bond donors (Lipinski definition) is 0. The number of nitrogens with zero attached hydrogens (tertiary/aromatic N) is 1. The maximum Gasteiger partial charge on any atom is 0.127 e. The fourth-order valence-corrected chi connectivity index (χ4v) is 2.23. The first-order valence-corrected chi connectivity index (χ1v) is 6.35. The van der Waals surface area contributed by atoms with E-state index in [1.807, 2.05) is 6.07 Å². The fourth-order valence-electron chi connectivity index (χ4n) is 2.23. The fraction of sp³-hybridized carbons (Fsp3) is 0.250. The van der Waals surface area contributed by atoms with Gasteiger partial charge in [-0.3, -0.25) is 0 Å². The molecule has 1 aliphatic heterocycles. The van der Waals surface area contributed by atoms with Gasteiger partial charge in [0.25, 0.3) is 0 Å². The molecule has 1 aliphatic rings. The number of likely N-dealkylation sites (N-methyl/N-ethyl adjacent to an activating group) is 1. The minimum Gasteiger partial charge on any atom is -0.462 e. The van der Waals surface area contributed by atoms with Gasteiger partial charge in [0.2, 0.25) is 0 Å². The number of benzene rings is 2. The molecule has 0 unspecified atom stereocenters. The summed E-state index contributed by atoms with van der Waals surface area (Å²) >= 11 is 0. The van der Waals surface area contributed by atoms with Gasteiger partial charge in [0, 0.05) is 19.5 Å². The van der Waals surface area contributed by atoms with Crippen LogP contribution in [0.25, 0.3) is 10.8 Å². The van der Waals surface area contributed by atoms with Gasteiger partial charge < -0.3 is 9.64 Å². The lowest BCUT2D eigenvalue weighted by Gasteiger charge is -2.22. The first-order valence-electron chi connectivity index (χ1n) is 6.35. The zero-order chi connectivity index (χ0) is 12.4. The van der Waals surface area contributed by atoms with Gasteiger partial charge in [0.15, 0.2) is 0 Å². The van der Waals surface area contributed by atoms with E-state index in [-0.39, 0.29) is 0 Å². The summed E-state index contributed by atoms with van der Waals surface area (Å²) < 4.78 is 5.95. The van der Waals surface area contributed by atoms with Gasteiger partial charge in [-0.05, 0) is 36.0 Å². The van der Waals surface area contributed by atoms with Gasteiger partial charge in [-0.15, -0.1) is 0 Å².